The van der Waals surface area contributed by atoms with Crippen LogP contribution < -0.4 is 10.3 Å². The van der Waals surface area contributed by atoms with Gasteiger partial charge in [-0.05, 0) is 44.9 Å². The molecule has 0 bridgehead atoms. The van der Waals surface area contributed by atoms with Gasteiger partial charge in [0.25, 0.3) is 5.56 Å². The summed E-state index contributed by atoms with van der Waals surface area (Å²) >= 11 is 0. The van der Waals surface area contributed by atoms with Gasteiger partial charge in [-0.2, -0.15) is 0 Å². The van der Waals surface area contributed by atoms with Gasteiger partial charge in [-0.1, -0.05) is 12.1 Å². The van der Waals surface area contributed by atoms with Gasteiger partial charge >= 0.3 is 0 Å². The monoisotopic (exact) mass is 302 g/mol. The number of nitrogens with zero attached hydrogens (tertiary/aromatic N) is 2. The average molecular weight is 302 g/mol. The molecule has 5 nitrogen and oxygen atoms in total. The maximum Gasteiger partial charge on any atom is 0.256 e. The molecule has 1 N–H and O–H groups in total. The van der Waals surface area contributed by atoms with Crippen LogP contribution in [0.1, 0.15) is 22.4 Å². The molecular weight excluding hydrogens is 280 g/mol. The van der Waals surface area contributed by atoms with Crippen LogP contribution in [0, 0.1) is 27.7 Å². The van der Waals surface area contributed by atoms with E-state index in [1.54, 1.807) is 13.8 Å². The van der Waals surface area contributed by atoms with E-state index in [2.05, 4.69) is 4.98 Å². The first-order valence-corrected chi connectivity index (χ1v) is 7.29. The fourth-order valence-corrected chi connectivity index (χ4v) is 2.13. The molecule has 0 fully saturated rings. The largest absolute Gasteiger partial charge is 0.491 e. The summed E-state index contributed by atoms with van der Waals surface area (Å²) in [6.45, 7) is 7.77. The van der Waals surface area contributed by atoms with E-state index in [9.17, 15) is 9.90 Å². The number of aliphatic hydroxyl groups is 1. The summed E-state index contributed by atoms with van der Waals surface area (Å²) in [6, 6.07) is 5.93. The SMILES string of the molecule is Cc1ccc(C)c(OC[C@H](O)Cn2cnc(C)c(C)c2=O)c1. The molecule has 0 saturated carbocycles. The molecule has 2 rings (SSSR count). The quantitative estimate of drug-likeness (QED) is 0.916. The number of hydrogen-bond acceptors (Lipinski definition) is 4. The molecule has 0 spiro atoms. The van der Waals surface area contributed by atoms with Crippen LogP contribution in [0.5, 0.6) is 5.75 Å². The van der Waals surface area contributed by atoms with Crippen LogP contribution >= 0.6 is 0 Å². The Hall–Kier alpha value is -2.14. The van der Waals surface area contributed by atoms with E-state index in [0.29, 0.717) is 11.3 Å². The number of aliphatic hydroxyl groups excluding tert-OH is 1. The molecule has 1 atom stereocenters. The van der Waals surface area contributed by atoms with Crippen LogP contribution in [0.4, 0.5) is 0 Å². The van der Waals surface area contributed by atoms with E-state index in [0.717, 1.165) is 16.9 Å². The first kappa shape index (κ1) is 16.2. The zero-order valence-corrected chi connectivity index (χ0v) is 13.5. The summed E-state index contributed by atoms with van der Waals surface area (Å²) in [5, 5.41) is 10.1. The van der Waals surface area contributed by atoms with Crippen molar-refractivity contribution in [3.63, 3.8) is 0 Å². The Balaban J connectivity index is 2.02. The lowest BCUT2D eigenvalue weighted by Gasteiger charge is -2.16. The molecular formula is C17H22N2O3. The van der Waals surface area contributed by atoms with Crippen LogP contribution in [0.3, 0.4) is 0 Å². The third kappa shape index (κ3) is 3.74. The van der Waals surface area contributed by atoms with E-state index in [-0.39, 0.29) is 18.7 Å². The average Bonchev–Trinajstić information content (AvgIpc) is 2.49. The Morgan fingerprint density at radius 1 is 1.27 bits per heavy atom. The first-order valence-electron chi connectivity index (χ1n) is 7.29. The van der Waals surface area contributed by atoms with E-state index in [1.807, 2.05) is 32.0 Å². The van der Waals surface area contributed by atoms with E-state index >= 15 is 0 Å². The van der Waals surface area contributed by atoms with Crippen LogP contribution in [-0.4, -0.2) is 27.4 Å². The van der Waals surface area contributed by atoms with Crippen molar-refractivity contribution in [2.45, 2.75) is 40.3 Å². The molecule has 0 amide bonds. The summed E-state index contributed by atoms with van der Waals surface area (Å²) in [6.07, 6.45) is 0.688. The third-order valence-corrected chi connectivity index (χ3v) is 3.70. The highest BCUT2D eigenvalue weighted by molar-refractivity contribution is 5.35. The van der Waals surface area contributed by atoms with Crippen molar-refractivity contribution in [3.05, 3.63) is 57.3 Å². The summed E-state index contributed by atoms with van der Waals surface area (Å²) in [7, 11) is 0. The van der Waals surface area contributed by atoms with Gasteiger partial charge in [0, 0.05) is 11.3 Å². The minimum absolute atomic E-state index is 0.127. The van der Waals surface area contributed by atoms with Crippen LogP contribution in [0.2, 0.25) is 0 Å². The molecule has 0 aliphatic rings. The molecule has 1 aromatic carbocycles. The van der Waals surface area contributed by atoms with Gasteiger partial charge in [-0.3, -0.25) is 9.36 Å². The molecule has 5 heteroatoms. The van der Waals surface area contributed by atoms with Gasteiger partial charge in [-0.25, -0.2) is 4.98 Å². The maximum absolute atomic E-state index is 12.1. The Labute approximate surface area is 130 Å². The molecule has 0 aliphatic carbocycles. The molecule has 118 valence electrons. The number of hydrogen-bond donors (Lipinski definition) is 1. The lowest BCUT2D eigenvalue weighted by molar-refractivity contribution is 0.0909. The van der Waals surface area contributed by atoms with Gasteiger partial charge < -0.3 is 9.84 Å². The van der Waals surface area contributed by atoms with E-state index in [1.165, 1.54) is 10.9 Å². The summed E-state index contributed by atoms with van der Waals surface area (Å²) < 4.78 is 7.08. The molecule has 0 radical (unpaired) electrons. The fraction of sp³-hybridized carbons (Fsp3) is 0.412. The fourth-order valence-electron chi connectivity index (χ4n) is 2.13. The topological polar surface area (TPSA) is 64.3 Å². The lowest BCUT2D eigenvalue weighted by Crippen LogP contribution is -2.31. The van der Waals surface area contributed by atoms with E-state index in [4.69, 9.17) is 4.74 Å². The van der Waals surface area contributed by atoms with Crippen molar-refractivity contribution in [1.82, 2.24) is 9.55 Å². The molecule has 2 aromatic rings. The van der Waals surface area contributed by atoms with Crippen molar-refractivity contribution in [1.29, 1.82) is 0 Å². The van der Waals surface area contributed by atoms with Crippen molar-refractivity contribution < 1.29 is 9.84 Å². The van der Waals surface area contributed by atoms with Crippen molar-refractivity contribution in [2.75, 3.05) is 6.61 Å². The first-order chi connectivity index (χ1) is 10.4. The number of rotatable bonds is 5. The van der Waals surface area contributed by atoms with Crippen molar-refractivity contribution in [3.8, 4) is 5.75 Å². The predicted octanol–water partition coefficient (Wildman–Crippen LogP) is 1.92. The molecule has 0 unspecified atom stereocenters. The van der Waals surface area contributed by atoms with Gasteiger partial charge in [0.15, 0.2) is 0 Å². The highest BCUT2D eigenvalue weighted by Crippen LogP contribution is 2.19. The van der Waals surface area contributed by atoms with Crippen LogP contribution in [0.15, 0.2) is 29.3 Å². The van der Waals surface area contributed by atoms with Crippen molar-refractivity contribution in [2.24, 2.45) is 0 Å². The molecule has 1 heterocycles. The molecule has 22 heavy (non-hydrogen) atoms. The molecule has 0 aliphatic heterocycles. The highest BCUT2D eigenvalue weighted by atomic mass is 16.5. The standard InChI is InChI=1S/C17H22N2O3/c1-11-5-6-12(2)16(7-11)22-9-15(20)8-19-10-18-14(4)13(3)17(19)21/h5-7,10,15,20H,8-9H2,1-4H3/t15-/m1/s1. The second-order valence-corrected chi connectivity index (χ2v) is 5.65. The summed E-state index contributed by atoms with van der Waals surface area (Å²) in [4.78, 5) is 16.2. The zero-order chi connectivity index (χ0) is 16.3. The summed E-state index contributed by atoms with van der Waals surface area (Å²) in [5.41, 5.74) is 3.30. The molecule has 0 saturated heterocycles. The van der Waals surface area contributed by atoms with Crippen molar-refractivity contribution >= 4 is 0 Å². The Bertz CT molecular complexity index is 722. The van der Waals surface area contributed by atoms with Gasteiger partial charge in [-0.15, -0.1) is 0 Å². The Kier molecular flexibility index (Phi) is 4.98. The Morgan fingerprint density at radius 3 is 2.73 bits per heavy atom. The highest BCUT2D eigenvalue weighted by Gasteiger charge is 2.11. The number of aryl methyl sites for hydroxylation is 3. The van der Waals surface area contributed by atoms with Crippen LogP contribution in [-0.2, 0) is 6.54 Å². The number of benzene rings is 1. The van der Waals surface area contributed by atoms with Gasteiger partial charge in [0.05, 0.1) is 12.9 Å². The second kappa shape index (κ2) is 6.75. The minimum Gasteiger partial charge on any atom is -0.491 e. The smallest absolute Gasteiger partial charge is 0.256 e. The van der Waals surface area contributed by atoms with Crippen LogP contribution in [0.25, 0.3) is 0 Å². The normalized spacial score (nSPS) is 12.2. The molecule has 1 aromatic heterocycles. The van der Waals surface area contributed by atoms with Gasteiger partial charge in [0.1, 0.15) is 18.5 Å². The van der Waals surface area contributed by atoms with Gasteiger partial charge in [0.2, 0.25) is 0 Å². The third-order valence-electron chi connectivity index (χ3n) is 3.70. The van der Waals surface area contributed by atoms with E-state index < -0.39 is 6.10 Å². The summed E-state index contributed by atoms with van der Waals surface area (Å²) in [5.74, 6) is 0.754. The minimum atomic E-state index is -0.776. The maximum atomic E-state index is 12.1. The number of ether oxygens (including phenoxy) is 1. The zero-order valence-electron chi connectivity index (χ0n) is 13.5. The number of aromatic nitrogens is 2. The lowest BCUT2D eigenvalue weighted by atomic mass is 10.1. The second-order valence-electron chi connectivity index (χ2n) is 5.65. The predicted molar refractivity (Wildman–Crippen MR) is 85.4 cm³/mol. The Morgan fingerprint density at radius 2 is 2.00 bits per heavy atom.